The molecule has 0 bridgehead atoms. The van der Waals surface area contributed by atoms with Crippen LogP contribution in [0.4, 0.5) is 0 Å². The fraction of sp³-hybridized carbons (Fsp3) is 0.611. The van der Waals surface area contributed by atoms with Gasteiger partial charge in [0.2, 0.25) is 0 Å². The number of ether oxygens (including phenoxy) is 1. The number of esters is 1. The molecule has 0 spiro atoms. The summed E-state index contributed by atoms with van der Waals surface area (Å²) in [7, 11) is 0. The molecule has 0 saturated heterocycles. The molecule has 4 nitrogen and oxygen atoms in total. The minimum atomic E-state index is -1.53. The molecular formula is C18H25ClO4. The van der Waals surface area contributed by atoms with Gasteiger partial charge in [0.15, 0.2) is 6.10 Å². The fourth-order valence-electron chi connectivity index (χ4n) is 3.34. The van der Waals surface area contributed by atoms with Crippen LogP contribution in [0.5, 0.6) is 5.75 Å². The lowest BCUT2D eigenvalue weighted by molar-refractivity contribution is -0.166. The number of phenols is 1. The van der Waals surface area contributed by atoms with Crippen LogP contribution in [0, 0.1) is 17.8 Å². The predicted molar refractivity (Wildman–Crippen MR) is 89.3 cm³/mol. The Bertz CT molecular complexity index is 558. The highest BCUT2D eigenvalue weighted by Crippen LogP contribution is 2.37. The van der Waals surface area contributed by atoms with E-state index in [9.17, 15) is 15.0 Å². The lowest BCUT2D eigenvalue weighted by atomic mass is 9.75. The normalized spacial score (nSPS) is 26.1. The van der Waals surface area contributed by atoms with Gasteiger partial charge in [0, 0.05) is 5.56 Å². The number of aliphatic hydroxyl groups excluding tert-OH is 1. The van der Waals surface area contributed by atoms with E-state index in [0.29, 0.717) is 17.8 Å². The second-order valence-corrected chi connectivity index (χ2v) is 7.29. The lowest BCUT2D eigenvalue weighted by Gasteiger charge is -2.37. The number of carbonyl (C=O) groups excluding carboxylic acids is 1. The maximum Gasteiger partial charge on any atom is 0.340 e. The topological polar surface area (TPSA) is 66.8 Å². The molecule has 0 aromatic heterocycles. The highest BCUT2D eigenvalue weighted by Gasteiger charge is 2.35. The van der Waals surface area contributed by atoms with Crippen molar-refractivity contribution in [2.75, 3.05) is 0 Å². The van der Waals surface area contributed by atoms with Gasteiger partial charge in [-0.2, -0.15) is 0 Å². The summed E-state index contributed by atoms with van der Waals surface area (Å²) in [6.07, 6.45) is 1.24. The van der Waals surface area contributed by atoms with Crippen molar-refractivity contribution in [3.05, 3.63) is 28.8 Å². The maximum atomic E-state index is 12.3. The zero-order chi connectivity index (χ0) is 17.1. The van der Waals surface area contributed by atoms with Crippen LogP contribution in [0.2, 0.25) is 5.02 Å². The van der Waals surface area contributed by atoms with Gasteiger partial charge in [-0.05, 0) is 36.7 Å². The molecule has 0 heterocycles. The van der Waals surface area contributed by atoms with Crippen LogP contribution < -0.4 is 0 Å². The maximum absolute atomic E-state index is 12.3. The molecule has 0 amide bonds. The summed E-state index contributed by atoms with van der Waals surface area (Å²) >= 11 is 5.83. The Balaban J connectivity index is 2.11. The number of benzene rings is 1. The summed E-state index contributed by atoms with van der Waals surface area (Å²) in [6, 6.07) is 4.54. The Hall–Kier alpha value is -1.26. The first-order chi connectivity index (χ1) is 10.8. The van der Waals surface area contributed by atoms with E-state index in [4.69, 9.17) is 16.3 Å². The first-order valence-corrected chi connectivity index (χ1v) is 8.55. The van der Waals surface area contributed by atoms with Crippen LogP contribution in [0.25, 0.3) is 0 Å². The molecule has 0 aliphatic heterocycles. The van der Waals surface area contributed by atoms with Crippen molar-refractivity contribution in [1.82, 2.24) is 0 Å². The van der Waals surface area contributed by atoms with E-state index in [1.165, 1.54) is 12.1 Å². The van der Waals surface area contributed by atoms with Crippen molar-refractivity contribution in [3.63, 3.8) is 0 Å². The number of aromatic hydroxyl groups is 1. The molecule has 1 aromatic rings. The second-order valence-electron chi connectivity index (χ2n) is 6.88. The van der Waals surface area contributed by atoms with E-state index in [1.54, 1.807) is 6.07 Å². The Morgan fingerprint density at radius 3 is 2.70 bits per heavy atom. The molecule has 2 N–H and O–H groups in total. The third-order valence-corrected chi connectivity index (χ3v) is 5.07. The average molecular weight is 341 g/mol. The Morgan fingerprint density at radius 2 is 2.04 bits per heavy atom. The van der Waals surface area contributed by atoms with Gasteiger partial charge in [0.1, 0.15) is 11.9 Å². The van der Waals surface area contributed by atoms with Crippen molar-refractivity contribution in [1.29, 1.82) is 0 Å². The quantitative estimate of drug-likeness (QED) is 0.810. The molecule has 1 aromatic carbocycles. The summed E-state index contributed by atoms with van der Waals surface area (Å²) in [5.74, 6) is 0.204. The zero-order valence-corrected chi connectivity index (χ0v) is 14.6. The SMILES string of the molecule is CC1CCC(C(C)C)[C@@H](OC(=O)C(O)c2cccc(Cl)c2O)C1. The number of halogens is 1. The molecule has 4 atom stereocenters. The van der Waals surface area contributed by atoms with Crippen molar-refractivity contribution >= 4 is 17.6 Å². The highest BCUT2D eigenvalue weighted by atomic mass is 35.5. The van der Waals surface area contributed by atoms with Gasteiger partial charge in [0.05, 0.1) is 5.02 Å². The molecule has 5 heteroatoms. The molecular weight excluding hydrogens is 316 g/mol. The number of aliphatic hydroxyl groups is 1. The molecule has 1 saturated carbocycles. The second kappa shape index (κ2) is 7.54. The molecule has 23 heavy (non-hydrogen) atoms. The summed E-state index contributed by atoms with van der Waals surface area (Å²) in [5.41, 5.74) is 0.0763. The van der Waals surface area contributed by atoms with Crippen LogP contribution in [-0.2, 0) is 9.53 Å². The van der Waals surface area contributed by atoms with Crippen LogP contribution in [0.15, 0.2) is 18.2 Å². The number of rotatable bonds is 4. The molecule has 1 fully saturated rings. The van der Waals surface area contributed by atoms with E-state index in [-0.39, 0.29) is 22.4 Å². The van der Waals surface area contributed by atoms with E-state index < -0.39 is 12.1 Å². The molecule has 1 aliphatic carbocycles. The number of hydrogen-bond acceptors (Lipinski definition) is 4. The monoisotopic (exact) mass is 340 g/mol. The Kier molecular flexibility index (Phi) is 5.93. The standard InChI is InChI=1S/C18H25ClO4/c1-10(2)12-8-7-11(3)9-15(12)23-18(22)17(21)13-5-4-6-14(19)16(13)20/h4-6,10-12,15,17,20-21H,7-9H2,1-3H3/t11?,12?,15-,17?/m0/s1. The van der Waals surface area contributed by atoms with Crippen LogP contribution in [0.3, 0.4) is 0 Å². The van der Waals surface area contributed by atoms with Crippen molar-refractivity contribution in [2.24, 2.45) is 17.8 Å². The van der Waals surface area contributed by atoms with Gasteiger partial charge in [0.25, 0.3) is 0 Å². The largest absolute Gasteiger partial charge is 0.506 e. The summed E-state index contributed by atoms with van der Waals surface area (Å²) in [6.45, 7) is 6.40. The molecule has 128 valence electrons. The first kappa shape index (κ1) is 18.1. The molecule has 3 unspecified atom stereocenters. The number of phenolic OH excluding ortho intramolecular Hbond substituents is 1. The van der Waals surface area contributed by atoms with Gasteiger partial charge < -0.3 is 14.9 Å². The van der Waals surface area contributed by atoms with E-state index in [2.05, 4.69) is 20.8 Å². The summed E-state index contributed by atoms with van der Waals surface area (Å²) in [5, 5.41) is 20.2. The minimum Gasteiger partial charge on any atom is -0.506 e. The van der Waals surface area contributed by atoms with Gasteiger partial charge in [-0.1, -0.05) is 50.9 Å². The number of hydrogen-bond donors (Lipinski definition) is 2. The summed E-state index contributed by atoms with van der Waals surface area (Å²) in [4.78, 5) is 12.3. The molecule has 2 rings (SSSR count). The highest BCUT2D eigenvalue weighted by molar-refractivity contribution is 6.32. The van der Waals surface area contributed by atoms with Crippen LogP contribution in [0.1, 0.15) is 51.7 Å². The summed E-state index contributed by atoms with van der Waals surface area (Å²) < 4.78 is 5.60. The van der Waals surface area contributed by atoms with E-state index in [0.717, 1.165) is 19.3 Å². The first-order valence-electron chi connectivity index (χ1n) is 8.17. The van der Waals surface area contributed by atoms with Gasteiger partial charge in [-0.3, -0.25) is 0 Å². The van der Waals surface area contributed by atoms with Gasteiger partial charge >= 0.3 is 5.97 Å². The van der Waals surface area contributed by atoms with E-state index >= 15 is 0 Å². The van der Waals surface area contributed by atoms with Crippen molar-refractivity contribution < 1.29 is 19.7 Å². The lowest BCUT2D eigenvalue weighted by Crippen LogP contribution is -2.37. The van der Waals surface area contributed by atoms with Crippen molar-refractivity contribution in [2.45, 2.75) is 52.2 Å². The third kappa shape index (κ3) is 4.18. The number of carbonyl (C=O) groups is 1. The van der Waals surface area contributed by atoms with Crippen LogP contribution in [-0.4, -0.2) is 22.3 Å². The average Bonchev–Trinajstić information content (AvgIpc) is 2.49. The Labute approximate surface area is 142 Å². The molecule has 0 radical (unpaired) electrons. The zero-order valence-electron chi connectivity index (χ0n) is 13.8. The van der Waals surface area contributed by atoms with Gasteiger partial charge in [-0.25, -0.2) is 4.79 Å². The Morgan fingerprint density at radius 1 is 1.35 bits per heavy atom. The van der Waals surface area contributed by atoms with Crippen molar-refractivity contribution in [3.8, 4) is 5.75 Å². The fourth-order valence-corrected chi connectivity index (χ4v) is 3.53. The predicted octanol–water partition coefficient (Wildman–Crippen LogP) is 4.08. The third-order valence-electron chi connectivity index (χ3n) is 4.76. The smallest absolute Gasteiger partial charge is 0.340 e. The minimum absolute atomic E-state index is 0.0763. The van der Waals surface area contributed by atoms with Crippen LogP contribution >= 0.6 is 11.6 Å². The van der Waals surface area contributed by atoms with Gasteiger partial charge in [-0.15, -0.1) is 0 Å². The number of para-hydroxylation sites is 1. The van der Waals surface area contributed by atoms with E-state index in [1.807, 2.05) is 0 Å². The molecule has 1 aliphatic rings.